The van der Waals surface area contributed by atoms with Crippen LogP contribution in [-0.4, -0.2) is 28.0 Å². The summed E-state index contributed by atoms with van der Waals surface area (Å²) < 4.78 is 10.8. The van der Waals surface area contributed by atoms with Gasteiger partial charge in [0.05, 0.1) is 0 Å². The number of thiocarbonyl (C=S) groups is 1. The van der Waals surface area contributed by atoms with E-state index in [-0.39, 0.29) is 0 Å². The van der Waals surface area contributed by atoms with Crippen molar-refractivity contribution in [2.24, 2.45) is 0 Å². The molecule has 0 saturated heterocycles. The molecule has 0 aliphatic heterocycles. The van der Waals surface area contributed by atoms with Crippen LogP contribution in [0.25, 0.3) is 0 Å². The fourth-order valence-electron chi connectivity index (χ4n) is 3.15. The van der Waals surface area contributed by atoms with Crippen molar-refractivity contribution in [3.8, 4) is 0 Å². The van der Waals surface area contributed by atoms with Gasteiger partial charge in [-0.05, 0) is 0 Å². The molecule has 138 valence electrons. The van der Waals surface area contributed by atoms with E-state index in [1.165, 1.54) is 10.7 Å². The molecular formula is C23H24OS2Sn. The number of ether oxygens (including phenoxy) is 1. The summed E-state index contributed by atoms with van der Waals surface area (Å²) in [7, 11) is 1.82. The van der Waals surface area contributed by atoms with Crippen LogP contribution < -0.4 is 10.7 Å². The predicted molar refractivity (Wildman–Crippen MR) is 125 cm³/mol. The summed E-state index contributed by atoms with van der Waals surface area (Å²) in [6.45, 7) is 2.86. The van der Waals surface area contributed by atoms with Gasteiger partial charge in [0.25, 0.3) is 0 Å². The van der Waals surface area contributed by atoms with Crippen LogP contribution in [0.3, 0.4) is 0 Å². The van der Waals surface area contributed by atoms with Crippen LogP contribution in [0, 0.1) is 0 Å². The molecule has 3 aromatic carbocycles. The molecule has 0 bridgehead atoms. The topological polar surface area (TPSA) is 9.23 Å². The predicted octanol–water partition coefficient (Wildman–Crippen LogP) is 4.49. The fraction of sp³-hybridized carbons (Fsp3) is 0.174. The Balaban J connectivity index is 2.12. The van der Waals surface area contributed by atoms with Crippen LogP contribution in [0.5, 0.6) is 0 Å². The first-order valence-corrected chi connectivity index (χ1v) is 18.3. The summed E-state index contributed by atoms with van der Waals surface area (Å²) in [5.74, 6) is 0. The quantitative estimate of drug-likeness (QED) is 0.270. The standard InChI is InChI=1S/3C6H5.C5H10OS2.Sn/c3*1-2-4-6-5-3-1;1-2-3-4-6-5(7)8;/h3*1-5H;2-4H2,1H3,(H,7,8);/q;;;;+1/p-1. The summed E-state index contributed by atoms with van der Waals surface area (Å²) >= 11 is 2.32. The molecule has 3 aromatic rings. The number of rotatable bonds is 7. The van der Waals surface area contributed by atoms with E-state index in [0.29, 0.717) is 11.0 Å². The molecule has 0 saturated carbocycles. The third-order valence-electron chi connectivity index (χ3n) is 4.50. The van der Waals surface area contributed by atoms with Crippen molar-refractivity contribution in [3.05, 3.63) is 91.0 Å². The Morgan fingerprint density at radius 3 is 1.56 bits per heavy atom. The molecule has 0 unspecified atom stereocenters. The second-order valence-corrected chi connectivity index (χ2v) is 22.2. The molecule has 0 atom stereocenters. The van der Waals surface area contributed by atoms with E-state index in [2.05, 4.69) is 97.9 Å². The summed E-state index contributed by atoms with van der Waals surface area (Å²) in [4.78, 5) is 0. The maximum atomic E-state index is 5.95. The summed E-state index contributed by atoms with van der Waals surface area (Å²) in [5.41, 5.74) is 0. The summed E-state index contributed by atoms with van der Waals surface area (Å²) in [6, 6.07) is 32.6. The number of benzene rings is 3. The van der Waals surface area contributed by atoms with Gasteiger partial charge in [0, 0.05) is 0 Å². The molecule has 0 amide bonds. The zero-order valence-electron chi connectivity index (χ0n) is 15.5. The molecule has 0 aliphatic carbocycles. The van der Waals surface area contributed by atoms with E-state index >= 15 is 0 Å². The molecule has 4 heteroatoms. The Bertz CT molecular complexity index is 741. The average Bonchev–Trinajstić information content (AvgIpc) is 2.74. The van der Waals surface area contributed by atoms with Crippen molar-refractivity contribution in [1.82, 2.24) is 0 Å². The van der Waals surface area contributed by atoms with E-state index < -0.39 is 17.0 Å². The second-order valence-electron chi connectivity index (χ2n) is 6.33. The van der Waals surface area contributed by atoms with Crippen LogP contribution in [-0.2, 0) is 4.74 Å². The monoisotopic (exact) mass is 500 g/mol. The number of hydrogen-bond donors (Lipinski definition) is 0. The molecule has 0 heterocycles. The van der Waals surface area contributed by atoms with Crippen molar-refractivity contribution in [2.45, 2.75) is 19.8 Å². The first-order valence-electron chi connectivity index (χ1n) is 9.29. The molecule has 3 rings (SSSR count). The minimum absolute atomic E-state index is 0.677. The Labute approximate surface area is 174 Å². The molecule has 0 aliphatic rings. The molecular weight excluding hydrogens is 475 g/mol. The van der Waals surface area contributed by atoms with Gasteiger partial charge >= 0.3 is 175 Å². The molecule has 0 fully saturated rings. The SMILES string of the molecule is CCCCOC(=S)[S][Sn]([c]1ccccc1)([c]1ccccc1)[c]1ccccc1. The molecule has 0 N–H and O–H groups in total. The third-order valence-corrected chi connectivity index (χ3v) is 25.5. The van der Waals surface area contributed by atoms with Crippen LogP contribution in [0.2, 0.25) is 0 Å². The van der Waals surface area contributed by atoms with E-state index in [1.54, 1.807) is 0 Å². The van der Waals surface area contributed by atoms with Crippen LogP contribution >= 0.6 is 21.2 Å². The van der Waals surface area contributed by atoms with E-state index in [9.17, 15) is 0 Å². The van der Waals surface area contributed by atoms with Crippen molar-refractivity contribution in [1.29, 1.82) is 0 Å². The fourth-order valence-corrected chi connectivity index (χ4v) is 23.4. The van der Waals surface area contributed by atoms with Gasteiger partial charge in [-0.15, -0.1) is 0 Å². The van der Waals surface area contributed by atoms with Gasteiger partial charge in [-0.2, -0.15) is 0 Å². The normalized spacial score (nSPS) is 11.1. The molecule has 0 aromatic heterocycles. The van der Waals surface area contributed by atoms with Crippen LogP contribution in [0.1, 0.15) is 19.8 Å². The third kappa shape index (κ3) is 4.95. The second kappa shape index (κ2) is 10.3. The van der Waals surface area contributed by atoms with Gasteiger partial charge in [0.1, 0.15) is 0 Å². The van der Waals surface area contributed by atoms with Crippen molar-refractivity contribution in [3.63, 3.8) is 0 Å². The van der Waals surface area contributed by atoms with Gasteiger partial charge in [0.15, 0.2) is 0 Å². The van der Waals surface area contributed by atoms with Gasteiger partial charge < -0.3 is 0 Å². The molecule has 27 heavy (non-hydrogen) atoms. The van der Waals surface area contributed by atoms with Crippen molar-refractivity contribution < 1.29 is 4.74 Å². The van der Waals surface area contributed by atoms with E-state index in [4.69, 9.17) is 17.0 Å². The van der Waals surface area contributed by atoms with Crippen molar-refractivity contribution in [2.75, 3.05) is 6.61 Å². The zero-order chi connectivity index (χ0) is 19.0. The minimum atomic E-state index is -3.39. The van der Waals surface area contributed by atoms with Crippen LogP contribution in [0.15, 0.2) is 91.0 Å². The van der Waals surface area contributed by atoms with E-state index in [0.717, 1.165) is 12.8 Å². The average molecular weight is 499 g/mol. The zero-order valence-corrected chi connectivity index (χ0v) is 20.0. The van der Waals surface area contributed by atoms with E-state index in [1.807, 2.05) is 8.95 Å². The van der Waals surface area contributed by atoms with Gasteiger partial charge in [-0.3, -0.25) is 0 Å². The number of hydrogen-bond acceptors (Lipinski definition) is 3. The van der Waals surface area contributed by atoms with Crippen LogP contribution in [0.4, 0.5) is 0 Å². The summed E-state index contributed by atoms with van der Waals surface area (Å²) in [6.07, 6.45) is 2.14. The molecule has 0 spiro atoms. The summed E-state index contributed by atoms with van der Waals surface area (Å²) in [5, 5.41) is 0. The Morgan fingerprint density at radius 1 is 0.778 bits per heavy atom. The Kier molecular flexibility index (Phi) is 7.79. The van der Waals surface area contributed by atoms with Gasteiger partial charge in [-0.1, -0.05) is 0 Å². The molecule has 0 radical (unpaired) electrons. The van der Waals surface area contributed by atoms with Crippen molar-refractivity contribution >= 4 is 53.3 Å². The molecule has 1 nitrogen and oxygen atoms in total. The first-order chi connectivity index (χ1) is 13.3. The Hall–Kier alpha value is -1.30. The maximum absolute atomic E-state index is 5.95. The number of unbranched alkanes of at least 4 members (excludes halogenated alkanes) is 1. The van der Waals surface area contributed by atoms with Gasteiger partial charge in [-0.25, -0.2) is 0 Å². The van der Waals surface area contributed by atoms with Gasteiger partial charge in [0.2, 0.25) is 0 Å². The Morgan fingerprint density at radius 2 is 1.19 bits per heavy atom. The first kappa shape index (κ1) is 20.4.